The van der Waals surface area contributed by atoms with Crippen LogP contribution in [-0.2, 0) is 19.1 Å². The molecule has 0 spiro atoms. The summed E-state index contributed by atoms with van der Waals surface area (Å²) in [4.78, 5) is 38.3. The van der Waals surface area contributed by atoms with Gasteiger partial charge in [-0.05, 0) is 26.0 Å². The van der Waals surface area contributed by atoms with Crippen LogP contribution >= 0.6 is 0 Å². The molecule has 0 rings (SSSR count). The van der Waals surface area contributed by atoms with Gasteiger partial charge in [0.15, 0.2) is 0 Å². The molecule has 0 aliphatic rings. The topological polar surface area (TPSA) is 129 Å². The Bertz CT molecular complexity index is 614. The van der Waals surface area contributed by atoms with E-state index in [1.165, 1.54) is 13.8 Å². The SMILES string of the molecule is [2H]C([2H])([2H])C(OC(=O)[C@H](CCC(=O)C=[N+]=[N-])NC(=O)[C@@H](O)C(C)C)C([2H])([2H])[2H]. The first-order valence-electron chi connectivity index (χ1n) is 9.50. The van der Waals surface area contributed by atoms with Crippen LogP contribution in [0, 0.1) is 5.92 Å². The van der Waals surface area contributed by atoms with Crippen molar-refractivity contribution < 1.29 is 37.2 Å². The molecule has 0 aliphatic heterocycles. The van der Waals surface area contributed by atoms with Crippen LogP contribution in [0.15, 0.2) is 0 Å². The van der Waals surface area contributed by atoms with Gasteiger partial charge in [0.2, 0.25) is 11.7 Å². The lowest BCUT2D eigenvalue weighted by atomic mass is 10.0. The molecule has 0 heterocycles. The van der Waals surface area contributed by atoms with Gasteiger partial charge < -0.3 is 20.7 Å². The molecule has 22 heavy (non-hydrogen) atoms. The predicted molar refractivity (Wildman–Crippen MR) is 77.9 cm³/mol. The number of ketones is 1. The number of aliphatic hydroxyl groups is 1. The van der Waals surface area contributed by atoms with Crippen LogP contribution in [0.1, 0.15) is 48.6 Å². The maximum atomic E-state index is 12.3. The van der Waals surface area contributed by atoms with Crippen LogP contribution in [-0.4, -0.2) is 52.0 Å². The van der Waals surface area contributed by atoms with Crippen molar-refractivity contribution in [3.05, 3.63) is 5.53 Å². The quantitative estimate of drug-likeness (QED) is 0.269. The van der Waals surface area contributed by atoms with E-state index in [1.54, 1.807) is 0 Å². The first-order chi connectivity index (χ1) is 12.6. The van der Waals surface area contributed by atoms with Crippen LogP contribution in [0.3, 0.4) is 0 Å². The fourth-order valence-corrected chi connectivity index (χ4v) is 1.42. The summed E-state index contributed by atoms with van der Waals surface area (Å²) < 4.78 is 48.1. The van der Waals surface area contributed by atoms with Gasteiger partial charge in [-0.1, -0.05) is 13.8 Å². The van der Waals surface area contributed by atoms with Gasteiger partial charge in [0, 0.05) is 14.6 Å². The van der Waals surface area contributed by atoms with Crippen molar-refractivity contribution in [3.8, 4) is 0 Å². The maximum absolute atomic E-state index is 12.3. The predicted octanol–water partition coefficient (Wildman–Crippen LogP) is 0.0896. The van der Waals surface area contributed by atoms with E-state index >= 15 is 0 Å². The zero-order chi connectivity index (χ0) is 22.3. The van der Waals surface area contributed by atoms with Crippen molar-refractivity contribution in [1.82, 2.24) is 5.32 Å². The van der Waals surface area contributed by atoms with Crippen molar-refractivity contribution in [3.63, 3.8) is 0 Å². The van der Waals surface area contributed by atoms with E-state index in [2.05, 4.69) is 14.8 Å². The van der Waals surface area contributed by atoms with Gasteiger partial charge in [-0.15, -0.1) is 0 Å². The summed E-state index contributed by atoms with van der Waals surface area (Å²) in [6.45, 7) is -3.27. The number of hydrogen-bond acceptors (Lipinski definition) is 5. The highest BCUT2D eigenvalue weighted by Gasteiger charge is 2.28. The fourth-order valence-electron chi connectivity index (χ4n) is 1.42. The molecular formula is C14H23N3O5. The first kappa shape index (κ1) is 11.5. The van der Waals surface area contributed by atoms with E-state index < -0.39 is 68.4 Å². The minimum Gasteiger partial charge on any atom is -0.461 e. The zero-order valence-electron chi connectivity index (χ0n) is 18.3. The van der Waals surface area contributed by atoms with Gasteiger partial charge in [-0.3, -0.25) is 9.59 Å². The molecule has 124 valence electrons. The summed E-state index contributed by atoms with van der Waals surface area (Å²) in [7, 11) is 0. The number of carbonyl (C=O) groups is 3. The van der Waals surface area contributed by atoms with E-state index in [4.69, 9.17) is 13.8 Å². The van der Waals surface area contributed by atoms with Gasteiger partial charge in [-0.2, -0.15) is 4.79 Å². The minimum atomic E-state index is -3.16. The molecule has 0 aliphatic carbocycles. The van der Waals surface area contributed by atoms with E-state index in [0.717, 1.165) is 0 Å². The van der Waals surface area contributed by atoms with Crippen LogP contribution in [0.2, 0.25) is 0 Å². The van der Waals surface area contributed by atoms with E-state index in [9.17, 15) is 19.5 Å². The Morgan fingerprint density at radius 1 is 1.41 bits per heavy atom. The Labute approximate surface area is 137 Å². The van der Waals surface area contributed by atoms with Crippen molar-refractivity contribution in [2.75, 3.05) is 0 Å². The van der Waals surface area contributed by atoms with Gasteiger partial charge in [0.25, 0.3) is 0 Å². The number of aliphatic hydroxyl groups excluding tert-OH is 1. The summed E-state index contributed by atoms with van der Waals surface area (Å²) in [6, 6.07) is -1.61. The Kier molecular flexibility index (Phi) is 5.13. The Balaban J connectivity index is 5.50. The second-order valence-corrected chi connectivity index (χ2v) is 4.82. The maximum Gasteiger partial charge on any atom is 0.328 e. The van der Waals surface area contributed by atoms with Crippen LogP contribution < -0.4 is 5.32 Å². The molecule has 0 saturated heterocycles. The smallest absolute Gasteiger partial charge is 0.328 e. The Morgan fingerprint density at radius 2 is 2.05 bits per heavy atom. The average molecular weight is 319 g/mol. The van der Waals surface area contributed by atoms with Crippen LogP contribution in [0.25, 0.3) is 5.53 Å². The van der Waals surface area contributed by atoms with Crippen molar-refractivity contribution in [1.29, 1.82) is 0 Å². The number of rotatable bonds is 9. The molecule has 0 radical (unpaired) electrons. The normalized spacial score (nSPS) is 18.4. The second kappa shape index (κ2) is 9.81. The highest BCUT2D eigenvalue weighted by Crippen LogP contribution is 2.06. The number of esters is 1. The standard InChI is InChI=1S/C14H23N3O5/c1-8(2)12(19)13(20)17-11(14(21)22-9(3)4)6-5-10(18)7-16-15/h7-9,11-12,19H,5-6H2,1-4H3,(H,17,20)/t11-,12-/m0/s1/i3D3,4D3. The molecule has 2 N–H and O–H groups in total. The number of carbonyl (C=O) groups excluding carboxylic acids is 3. The lowest BCUT2D eigenvalue weighted by Crippen LogP contribution is -2.48. The van der Waals surface area contributed by atoms with E-state index in [0.29, 0.717) is 6.21 Å². The third kappa shape index (κ3) is 7.66. The lowest BCUT2D eigenvalue weighted by Gasteiger charge is -2.21. The third-order valence-corrected chi connectivity index (χ3v) is 2.62. The van der Waals surface area contributed by atoms with Gasteiger partial charge >= 0.3 is 12.2 Å². The molecule has 0 aromatic heterocycles. The minimum absolute atomic E-state index is 0.408. The molecule has 8 heteroatoms. The number of ether oxygens (including phenoxy) is 1. The van der Waals surface area contributed by atoms with E-state index in [1.807, 2.05) is 0 Å². The fraction of sp³-hybridized carbons (Fsp3) is 0.714. The van der Waals surface area contributed by atoms with Crippen molar-refractivity contribution >= 4 is 23.9 Å². The number of hydrogen-bond donors (Lipinski definition) is 2. The molecular weight excluding hydrogens is 290 g/mol. The second-order valence-electron chi connectivity index (χ2n) is 4.82. The molecule has 0 aromatic carbocycles. The highest BCUT2D eigenvalue weighted by atomic mass is 16.5. The third-order valence-electron chi connectivity index (χ3n) is 2.62. The molecule has 0 fully saturated rings. The van der Waals surface area contributed by atoms with Gasteiger partial charge in [-0.25, -0.2) is 4.79 Å². The number of nitrogens with zero attached hydrogens (tertiary/aromatic N) is 2. The van der Waals surface area contributed by atoms with Gasteiger partial charge in [0.1, 0.15) is 12.1 Å². The average Bonchev–Trinajstić information content (AvgIpc) is 2.53. The largest absolute Gasteiger partial charge is 0.461 e. The summed E-state index contributed by atoms with van der Waals surface area (Å²) in [6.07, 6.45) is -4.22. The molecule has 0 aromatic rings. The summed E-state index contributed by atoms with van der Waals surface area (Å²) in [5, 5.41) is 11.9. The number of nitrogens with one attached hydrogen (secondary N) is 1. The Morgan fingerprint density at radius 3 is 2.55 bits per heavy atom. The molecule has 2 atom stereocenters. The Hall–Kier alpha value is -2.05. The lowest BCUT2D eigenvalue weighted by molar-refractivity contribution is -0.152. The monoisotopic (exact) mass is 319 g/mol. The summed E-state index contributed by atoms with van der Waals surface area (Å²) >= 11 is 0. The molecule has 1 amide bonds. The van der Waals surface area contributed by atoms with Crippen molar-refractivity contribution in [2.45, 2.75) is 58.6 Å². The van der Waals surface area contributed by atoms with Gasteiger partial charge in [0.05, 0.1) is 6.10 Å². The van der Waals surface area contributed by atoms with Crippen LogP contribution in [0.4, 0.5) is 0 Å². The number of amides is 1. The summed E-state index contributed by atoms with van der Waals surface area (Å²) in [5.41, 5.74) is 8.32. The number of Topliss-reactive ketones (excluding diaryl/α,β-unsaturated/α-hetero) is 1. The highest BCUT2D eigenvalue weighted by molar-refractivity contribution is 6.25. The van der Waals surface area contributed by atoms with Crippen LogP contribution in [0.5, 0.6) is 0 Å². The van der Waals surface area contributed by atoms with Crippen molar-refractivity contribution in [2.24, 2.45) is 5.92 Å². The first-order valence-corrected chi connectivity index (χ1v) is 6.50. The molecule has 0 saturated carbocycles. The molecule has 8 nitrogen and oxygen atoms in total. The molecule has 0 unspecified atom stereocenters. The van der Waals surface area contributed by atoms with E-state index in [-0.39, 0.29) is 0 Å². The zero-order valence-corrected chi connectivity index (χ0v) is 12.3. The molecule has 0 bridgehead atoms. The summed E-state index contributed by atoms with van der Waals surface area (Å²) in [5.74, 6) is -3.62.